The van der Waals surface area contributed by atoms with Crippen LogP contribution in [0.25, 0.3) is 10.9 Å². The molecular weight excluding hydrogens is 268 g/mol. The number of carbonyl (C=O) groups is 1. The number of benzene rings is 1. The molecule has 2 aromatic heterocycles. The highest BCUT2D eigenvalue weighted by atomic mass is 32.1. The molecule has 0 fully saturated rings. The fourth-order valence-electron chi connectivity index (χ4n) is 2.31. The first-order valence-corrected chi connectivity index (χ1v) is 7.56. The standard InChI is InChI=1S/C16H16N2OS/c1-11(8-12-5-7-20-10-12)18-16(19)14-3-2-13-4-6-17-15(13)9-14/h2-7,9-11,17H,8H2,1H3,(H,18,19). The van der Waals surface area contributed by atoms with Crippen molar-refractivity contribution in [3.63, 3.8) is 0 Å². The molecule has 3 aromatic rings. The Morgan fingerprint density at radius 2 is 2.25 bits per heavy atom. The van der Waals surface area contributed by atoms with Gasteiger partial charge in [-0.05, 0) is 59.3 Å². The van der Waals surface area contributed by atoms with E-state index in [4.69, 9.17) is 0 Å². The summed E-state index contributed by atoms with van der Waals surface area (Å²) in [6.45, 7) is 2.03. The van der Waals surface area contributed by atoms with Crippen LogP contribution in [0.2, 0.25) is 0 Å². The summed E-state index contributed by atoms with van der Waals surface area (Å²) in [4.78, 5) is 15.4. The zero-order chi connectivity index (χ0) is 13.9. The Morgan fingerprint density at radius 1 is 1.35 bits per heavy atom. The third-order valence-corrected chi connectivity index (χ3v) is 4.05. The van der Waals surface area contributed by atoms with Gasteiger partial charge in [0.1, 0.15) is 0 Å². The van der Waals surface area contributed by atoms with Gasteiger partial charge in [-0.3, -0.25) is 4.79 Å². The van der Waals surface area contributed by atoms with Crippen molar-refractivity contribution < 1.29 is 4.79 Å². The Hall–Kier alpha value is -2.07. The number of nitrogens with one attached hydrogen (secondary N) is 2. The Bertz CT molecular complexity index is 715. The molecule has 1 aromatic carbocycles. The van der Waals surface area contributed by atoms with Gasteiger partial charge in [0.15, 0.2) is 0 Å². The predicted molar refractivity (Wildman–Crippen MR) is 83.2 cm³/mol. The lowest BCUT2D eigenvalue weighted by Gasteiger charge is -2.13. The van der Waals surface area contributed by atoms with E-state index in [1.54, 1.807) is 11.3 Å². The summed E-state index contributed by atoms with van der Waals surface area (Å²) in [5, 5.41) is 8.34. The number of rotatable bonds is 4. The van der Waals surface area contributed by atoms with E-state index in [-0.39, 0.29) is 11.9 Å². The first kappa shape index (κ1) is 12.9. The zero-order valence-corrected chi connectivity index (χ0v) is 12.0. The van der Waals surface area contributed by atoms with Crippen molar-refractivity contribution in [3.05, 3.63) is 58.4 Å². The molecule has 0 saturated heterocycles. The third-order valence-electron chi connectivity index (χ3n) is 3.32. The molecular formula is C16H16N2OS. The van der Waals surface area contributed by atoms with Gasteiger partial charge in [-0.2, -0.15) is 11.3 Å². The van der Waals surface area contributed by atoms with Gasteiger partial charge < -0.3 is 10.3 Å². The normalized spacial score (nSPS) is 12.4. The van der Waals surface area contributed by atoms with E-state index >= 15 is 0 Å². The maximum absolute atomic E-state index is 12.2. The molecule has 3 nitrogen and oxygen atoms in total. The largest absolute Gasteiger partial charge is 0.361 e. The number of amides is 1. The average Bonchev–Trinajstić information content (AvgIpc) is 3.07. The number of hydrogen-bond acceptors (Lipinski definition) is 2. The molecule has 0 aliphatic heterocycles. The van der Waals surface area contributed by atoms with Crippen molar-refractivity contribution in [1.82, 2.24) is 10.3 Å². The van der Waals surface area contributed by atoms with Crippen LogP contribution in [0.1, 0.15) is 22.8 Å². The summed E-state index contributed by atoms with van der Waals surface area (Å²) in [6.07, 6.45) is 2.74. The molecule has 0 aliphatic rings. The molecule has 20 heavy (non-hydrogen) atoms. The van der Waals surface area contributed by atoms with Crippen LogP contribution in [0.3, 0.4) is 0 Å². The lowest BCUT2D eigenvalue weighted by Crippen LogP contribution is -2.33. The van der Waals surface area contributed by atoms with Crippen LogP contribution in [0.4, 0.5) is 0 Å². The second-order valence-electron chi connectivity index (χ2n) is 4.99. The minimum atomic E-state index is -0.0239. The second-order valence-corrected chi connectivity index (χ2v) is 5.77. The van der Waals surface area contributed by atoms with Crippen molar-refractivity contribution in [3.8, 4) is 0 Å². The summed E-state index contributed by atoms with van der Waals surface area (Å²) in [5.41, 5.74) is 2.95. The highest BCUT2D eigenvalue weighted by Gasteiger charge is 2.11. The van der Waals surface area contributed by atoms with Gasteiger partial charge >= 0.3 is 0 Å². The van der Waals surface area contributed by atoms with Gasteiger partial charge in [0.25, 0.3) is 5.91 Å². The molecule has 0 saturated carbocycles. The van der Waals surface area contributed by atoms with Crippen LogP contribution < -0.4 is 5.32 Å². The van der Waals surface area contributed by atoms with Crippen LogP contribution in [0, 0.1) is 0 Å². The average molecular weight is 284 g/mol. The lowest BCUT2D eigenvalue weighted by molar-refractivity contribution is 0.0940. The molecule has 1 atom stereocenters. The maximum Gasteiger partial charge on any atom is 0.251 e. The minimum absolute atomic E-state index is 0.0239. The van der Waals surface area contributed by atoms with E-state index in [9.17, 15) is 4.79 Å². The van der Waals surface area contributed by atoms with Crippen molar-refractivity contribution >= 4 is 28.1 Å². The van der Waals surface area contributed by atoms with E-state index in [0.717, 1.165) is 17.3 Å². The Kier molecular flexibility index (Phi) is 3.56. The number of H-pyrrole nitrogens is 1. The zero-order valence-electron chi connectivity index (χ0n) is 11.2. The first-order chi connectivity index (χ1) is 9.72. The SMILES string of the molecule is CC(Cc1ccsc1)NC(=O)c1ccc2cc[nH]c2c1. The summed E-state index contributed by atoms with van der Waals surface area (Å²) in [7, 11) is 0. The van der Waals surface area contributed by atoms with Crippen molar-refractivity contribution in [2.45, 2.75) is 19.4 Å². The quantitative estimate of drug-likeness (QED) is 0.755. The van der Waals surface area contributed by atoms with E-state index in [0.29, 0.717) is 5.56 Å². The van der Waals surface area contributed by atoms with E-state index in [2.05, 4.69) is 27.1 Å². The molecule has 1 amide bonds. The number of fused-ring (bicyclic) bond motifs is 1. The van der Waals surface area contributed by atoms with Gasteiger partial charge in [0, 0.05) is 23.3 Å². The molecule has 2 heterocycles. The van der Waals surface area contributed by atoms with Crippen LogP contribution in [0.15, 0.2) is 47.3 Å². The minimum Gasteiger partial charge on any atom is -0.361 e. The topological polar surface area (TPSA) is 44.9 Å². The maximum atomic E-state index is 12.2. The van der Waals surface area contributed by atoms with Crippen molar-refractivity contribution in [2.75, 3.05) is 0 Å². The molecule has 1 unspecified atom stereocenters. The highest BCUT2D eigenvalue weighted by molar-refractivity contribution is 7.07. The smallest absolute Gasteiger partial charge is 0.251 e. The molecule has 0 aliphatic carbocycles. The van der Waals surface area contributed by atoms with Crippen LogP contribution >= 0.6 is 11.3 Å². The monoisotopic (exact) mass is 284 g/mol. The highest BCUT2D eigenvalue weighted by Crippen LogP contribution is 2.14. The fraction of sp³-hybridized carbons (Fsp3) is 0.188. The van der Waals surface area contributed by atoms with Gasteiger partial charge in [0.2, 0.25) is 0 Å². The van der Waals surface area contributed by atoms with E-state index in [1.165, 1.54) is 5.56 Å². The van der Waals surface area contributed by atoms with E-state index in [1.807, 2.05) is 37.4 Å². The van der Waals surface area contributed by atoms with Crippen LogP contribution in [-0.4, -0.2) is 16.9 Å². The Morgan fingerprint density at radius 3 is 3.05 bits per heavy atom. The predicted octanol–water partition coefficient (Wildman–Crippen LogP) is 3.59. The molecule has 0 bridgehead atoms. The second kappa shape index (κ2) is 5.51. The van der Waals surface area contributed by atoms with Gasteiger partial charge in [0.05, 0.1) is 0 Å². The van der Waals surface area contributed by atoms with Gasteiger partial charge in [-0.15, -0.1) is 0 Å². The summed E-state index contributed by atoms with van der Waals surface area (Å²) in [5.74, 6) is -0.0239. The summed E-state index contributed by atoms with van der Waals surface area (Å²) >= 11 is 1.68. The third kappa shape index (κ3) is 2.75. The van der Waals surface area contributed by atoms with Crippen LogP contribution in [0.5, 0.6) is 0 Å². The molecule has 0 spiro atoms. The summed E-state index contributed by atoms with van der Waals surface area (Å²) < 4.78 is 0. The Labute approximate surface area is 121 Å². The van der Waals surface area contributed by atoms with Gasteiger partial charge in [-0.1, -0.05) is 6.07 Å². The number of thiophene rings is 1. The molecule has 102 valence electrons. The number of aromatic nitrogens is 1. The van der Waals surface area contributed by atoms with Crippen LogP contribution in [-0.2, 0) is 6.42 Å². The number of aromatic amines is 1. The molecule has 2 N–H and O–H groups in total. The lowest BCUT2D eigenvalue weighted by atomic mass is 10.1. The summed E-state index contributed by atoms with van der Waals surface area (Å²) in [6, 6.07) is 9.93. The molecule has 4 heteroatoms. The Balaban J connectivity index is 1.68. The fourth-order valence-corrected chi connectivity index (χ4v) is 2.99. The first-order valence-electron chi connectivity index (χ1n) is 6.61. The molecule has 3 rings (SSSR count). The number of hydrogen-bond donors (Lipinski definition) is 2. The van der Waals surface area contributed by atoms with Gasteiger partial charge in [-0.25, -0.2) is 0 Å². The number of carbonyl (C=O) groups excluding carboxylic acids is 1. The molecule has 0 radical (unpaired) electrons. The van der Waals surface area contributed by atoms with Crippen molar-refractivity contribution in [2.24, 2.45) is 0 Å². The van der Waals surface area contributed by atoms with Crippen molar-refractivity contribution in [1.29, 1.82) is 0 Å². The van der Waals surface area contributed by atoms with E-state index < -0.39 is 0 Å².